The summed E-state index contributed by atoms with van der Waals surface area (Å²) in [5.41, 5.74) is 0. The average Bonchev–Trinajstić information content (AvgIpc) is 2.50. The number of aliphatic carboxylic acids is 1. The Morgan fingerprint density at radius 2 is 1.27 bits per heavy atom. The molecule has 22 heavy (non-hydrogen) atoms. The third-order valence-electron chi connectivity index (χ3n) is 4.48. The van der Waals surface area contributed by atoms with E-state index in [2.05, 4.69) is 6.92 Å². The molecule has 0 aromatic rings. The Bertz CT molecular complexity index is 246. The molecule has 3 nitrogen and oxygen atoms in total. The van der Waals surface area contributed by atoms with Gasteiger partial charge in [-0.2, -0.15) is 0 Å². The first-order valence-electron chi connectivity index (χ1n) is 9.53. The predicted molar refractivity (Wildman–Crippen MR) is 95.7 cm³/mol. The SMILES string of the molecule is CCCCCC[CH](CCCCCCCCCCC(=O)O)[AlH][OH]. The Morgan fingerprint density at radius 3 is 1.73 bits per heavy atom. The number of hydrogen-bond donors (Lipinski definition) is 2. The summed E-state index contributed by atoms with van der Waals surface area (Å²) >= 11 is -0.815. The molecule has 0 amide bonds. The molecule has 0 saturated heterocycles. The summed E-state index contributed by atoms with van der Waals surface area (Å²) in [6.45, 7) is 2.24. The van der Waals surface area contributed by atoms with Crippen LogP contribution >= 0.6 is 0 Å². The van der Waals surface area contributed by atoms with Crippen molar-refractivity contribution in [2.45, 2.75) is 108 Å². The summed E-state index contributed by atoms with van der Waals surface area (Å²) in [6, 6.07) is 0. The monoisotopic (exact) mass is 328 g/mol. The van der Waals surface area contributed by atoms with Gasteiger partial charge in [0, 0.05) is 6.42 Å². The van der Waals surface area contributed by atoms with E-state index in [4.69, 9.17) is 5.11 Å². The first kappa shape index (κ1) is 22.0. The van der Waals surface area contributed by atoms with E-state index in [0.29, 0.717) is 11.2 Å². The van der Waals surface area contributed by atoms with Crippen LogP contribution in [0.2, 0.25) is 4.78 Å². The van der Waals surface area contributed by atoms with Crippen molar-refractivity contribution in [3.05, 3.63) is 0 Å². The van der Waals surface area contributed by atoms with Crippen LogP contribution in [-0.2, 0) is 4.79 Å². The molecule has 0 aliphatic heterocycles. The summed E-state index contributed by atoms with van der Waals surface area (Å²) < 4.78 is 10.2. The van der Waals surface area contributed by atoms with Gasteiger partial charge in [0.05, 0.1) is 0 Å². The largest absolute Gasteiger partial charge is 0.518 e. The molecular weight excluding hydrogens is 291 g/mol. The van der Waals surface area contributed by atoms with Crippen molar-refractivity contribution >= 4 is 21.5 Å². The van der Waals surface area contributed by atoms with Crippen molar-refractivity contribution in [2.24, 2.45) is 0 Å². The summed E-state index contributed by atoms with van der Waals surface area (Å²) in [5, 5.41) is 8.54. The van der Waals surface area contributed by atoms with Crippen molar-refractivity contribution in [3.63, 3.8) is 0 Å². The molecule has 0 aromatic carbocycles. The second kappa shape index (κ2) is 17.3. The van der Waals surface area contributed by atoms with E-state index in [1.807, 2.05) is 0 Å². The smallest absolute Gasteiger partial charge is 0.436 e. The van der Waals surface area contributed by atoms with Gasteiger partial charge < -0.3 is 9.26 Å². The summed E-state index contributed by atoms with van der Waals surface area (Å²) in [7, 11) is 0. The highest BCUT2D eigenvalue weighted by molar-refractivity contribution is 6.27. The minimum Gasteiger partial charge on any atom is -0.518 e. The van der Waals surface area contributed by atoms with E-state index in [9.17, 15) is 8.95 Å². The topological polar surface area (TPSA) is 57.5 Å². The summed E-state index contributed by atoms with van der Waals surface area (Å²) in [4.78, 5) is 10.4. The second-order valence-corrected chi connectivity index (χ2v) is 8.18. The van der Waals surface area contributed by atoms with Gasteiger partial charge in [0.15, 0.2) is 0 Å². The zero-order valence-corrected chi connectivity index (χ0v) is 16.1. The van der Waals surface area contributed by atoms with E-state index < -0.39 is 21.5 Å². The summed E-state index contributed by atoms with van der Waals surface area (Å²) in [5.74, 6) is -0.670. The Morgan fingerprint density at radius 1 is 0.818 bits per heavy atom. The van der Waals surface area contributed by atoms with Gasteiger partial charge in [-0.05, 0) is 6.42 Å². The first-order valence-corrected chi connectivity index (χ1v) is 11.0. The van der Waals surface area contributed by atoms with E-state index in [0.717, 1.165) is 12.8 Å². The fourth-order valence-electron chi connectivity index (χ4n) is 2.96. The molecule has 0 aliphatic rings. The number of carbonyl (C=O) groups is 1. The maximum Gasteiger partial charge on any atom is 0.436 e. The highest BCUT2D eigenvalue weighted by Gasteiger charge is 2.10. The van der Waals surface area contributed by atoms with Crippen LogP contribution in [-0.4, -0.2) is 30.8 Å². The van der Waals surface area contributed by atoms with E-state index in [-0.39, 0.29) is 0 Å². The minimum atomic E-state index is -0.815. The Hall–Kier alpha value is -0.0375. The highest BCUT2D eigenvalue weighted by Crippen LogP contribution is 2.22. The van der Waals surface area contributed by atoms with Gasteiger partial charge in [0.2, 0.25) is 0 Å². The summed E-state index contributed by atoms with van der Waals surface area (Å²) in [6.07, 6.45) is 17.6. The molecule has 0 aromatic heterocycles. The van der Waals surface area contributed by atoms with Crippen LogP contribution in [0.15, 0.2) is 0 Å². The molecule has 0 radical (unpaired) electrons. The van der Waals surface area contributed by atoms with Gasteiger partial charge in [-0.25, -0.2) is 0 Å². The maximum atomic E-state index is 10.4. The lowest BCUT2D eigenvalue weighted by atomic mass is 10.0. The van der Waals surface area contributed by atoms with Gasteiger partial charge in [-0.15, -0.1) is 0 Å². The van der Waals surface area contributed by atoms with Crippen molar-refractivity contribution in [2.75, 3.05) is 0 Å². The fraction of sp³-hybridized carbons (Fsp3) is 0.944. The van der Waals surface area contributed by atoms with Crippen molar-refractivity contribution in [3.8, 4) is 0 Å². The highest BCUT2D eigenvalue weighted by atomic mass is 27.1. The molecule has 0 heterocycles. The molecule has 1 atom stereocenters. The van der Waals surface area contributed by atoms with Gasteiger partial charge in [-0.1, -0.05) is 95.2 Å². The van der Waals surface area contributed by atoms with Crippen LogP contribution in [0.1, 0.15) is 103 Å². The lowest BCUT2D eigenvalue weighted by Gasteiger charge is -2.12. The zero-order valence-electron chi connectivity index (χ0n) is 14.7. The average molecular weight is 328 g/mol. The molecule has 0 fully saturated rings. The standard InChI is InChI=1S/C18H35O2.Al.H2O.H/c1-2-3-4-5-6-7-8-9-10-11-12-13-14-15-16-17-18(19)20;;;/h7H,2-6,8-17H2,1H3,(H,19,20);;1H2;/q;+1;;/p-1. The van der Waals surface area contributed by atoms with Crippen LogP contribution in [0.25, 0.3) is 0 Å². The number of hydrogen-bond acceptors (Lipinski definition) is 2. The Balaban J connectivity index is 3.27. The molecular formula is C18H37AlO3. The number of rotatable bonds is 17. The molecule has 0 spiro atoms. The zero-order chi connectivity index (χ0) is 16.5. The Kier molecular flexibility index (Phi) is 17.3. The normalized spacial score (nSPS) is 12.3. The minimum absolute atomic E-state index is 0.324. The quantitative estimate of drug-likeness (QED) is 0.289. The number of unbranched alkanes of at least 4 members (excludes halogenated alkanes) is 10. The molecule has 130 valence electrons. The van der Waals surface area contributed by atoms with E-state index >= 15 is 0 Å². The lowest BCUT2D eigenvalue weighted by molar-refractivity contribution is -0.137. The van der Waals surface area contributed by atoms with Gasteiger partial charge in [0.25, 0.3) is 0 Å². The van der Waals surface area contributed by atoms with Crippen molar-refractivity contribution < 1.29 is 14.1 Å². The molecule has 0 saturated carbocycles. The Labute approximate surface area is 143 Å². The first-order chi connectivity index (χ1) is 10.7. The van der Waals surface area contributed by atoms with Crippen LogP contribution < -0.4 is 0 Å². The van der Waals surface area contributed by atoms with Crippen molar-refractivity contribution in [1.82, 2.24) is 0 Å². The molecule has 1 unspecified atom stereocenters. The fourth-order valence-corrected chi connectivity index (χ4v) is 3.90. The molecule has 2 N–H and O–H groups in total. The maximum absolute atomic E-state index is 10.4. The molecule has 4 heteroatoms. The predicted octanol–water partition coefficient (Wildman–Crippen LogP) is 5.07. The lowest BCUT2D eigenvalue weighted by Crippen LogP contribution is -2.03. The van der Waals surface area contributed by atoms with Gasteiger partial charge >= 0.3 is 21.5 Å². The molecule has 0 aliphatic carbocycles. The third kappa shape index (κ3) is 16.3. The van der Waals surface area contributed by atoms with Crippen LogP contribution in [0, 0.1) is 0 Å². The van der Waals surface area contributed by atoms with E-state index in [1.54, 1.807) is 0 Å². The van der Waals surface area contributed by atoms with Crippen LogP contribution in [0.3, 0.4) is 0 Å². The third-order valence-corrected chi connectivity index (χ3v) is 5.81. The number of carboxylic acid groups (broad SMARTS) is 1. The van der Waals surface area contributed by atoms with E-state index in [1.165, 1.54) is 77.0 Å². The molecule has 0 rings (SSSR count). The van der Waals surface area contributed by atoms with Gasteiger partial charge in [0.1, 0.15) is 0 Å². The second-order valence-electron chi connectivity index (χ2n) is 6.66. The number of carboxylic acids is 1. The van der Waals surface area contributed by atoms with Crippen LogP contribution in [0.5, 0.6) is 0 Å². The van der Waals surface area contributed by atoms with Gasteiger partial charge in [-0.3, -0.25) is 4.79 Å². The van der Waals surface area contributed by atoms with Crippen molar-refractivity contribution in [1.29, 1.82) is 0 Å². The van der Waals surface area contributed by atoms with Crippen LogP contribution in [0.4, 0.5) is 0 Å². The molecule has 0 bridgehead atoms.